The number of phenols is 1. The summed E-state index contributed by atoms with van der Waals surface area (Å²) < 4.78 is 0. The average Bonchev–Trinajstić information content (AvgIpc) is 2.68. The third kappa shape index (κ3) is 3.46. The highest BCUT2D eigenvalue weighted by molar-refractivity contribution is 5.65. The highest BCUT2D eigenvalue weighted by atomic mass is 16.3. The second-order valence-corrected chi connectivity index (χ2v) is 6.42. The first kappa shape index (κ1) is 17.0. The first-order valence-electron chi connectivity index (χ1n) is 8.79. The number of phenolic OH excluding ortho intramolecular Hbond substituents is 1. The van der Waals surface area contributed by atoms with Crippen LogP contribution in [0, 0.1) is 6.92 Å². The highest BCUT2D eigenvalue weighted by Crippen LogP contribution is 2.28. The van der Waals surface area contributed by atoms with Gasteiger partial charge in [0.2, 0.25) is 0 Å². The Morgan fingerprint density at radius 2 is 1.81 bits per heavy atom. The van der Waals surface area contributed by atoms with Crippen LogP contribution in [0.5, 0.6) is 5.75 Å². The number of benzene rings is 1. The fourth-order valence-corrected chi connectivity index (χ4v) is 3.21. The Bertz CT molecular complexity index is 1010. The maximum atomic E-state index is 11.9. The van der Waals surface area contributed by atoms with Crippen molar-refractivity contribution in [3.8, 4) is 17.1 Å². The van der Waals surface area contributed by atoms with Crippen molar-refractivity contribution in [2.24, 2.45) is 0 Å². The number of hydrogen-bond donors (Lipinski definition) is 2. The summed E-state index contributed by atoms with van der Waals surface area (Å²) in [6.45, 7) is 4.70. The molecular formula is C19H20N6O2. The largest absolute Gasteiger partial charge is 0.507 e. The molecule has 1 aromatic carbocycles. The van der Waals surface area contributed by atoms with Gasteiger partial charge in [-0.15, -0.1) is 0 Å². The van der Waals surface area contributed by atoms with E-state index in [2.05, 4.69) is 24.8 Å². The summed E-state index contributed by atoms with van der Waals surface area (Å²) in [6, 6.07) is 8.99. The van der Waals surface area contributed by atoms with Gasteiger partial charge in [-0.3, -0.25) is 4.79 Å². The molecule has 0 atom stereocenters. The van der Waals surface area contributed by atoms with Crippen molar-refractivity contribution >= 4 is 11.6 Å². The van der Waals surface area contributed by atoms with Crippen LogP contribution in [0.2, 0.25) is 0 Å². The second kappa shape index (κ2) is 7.06. The number of aromatic amines is 1. The van der Waals surface area contributed by atoms with E-state index in [1.807, 2.05) is 24.0 Å². The molecular weight excluding hydrogens is 344 g/mol. The molecule has 27 heavy (non-hydrogen) atoms. The molecule has 138 valence electrons. The topological polar surface area (TPSA) is 98.2 Å². The lowest BCUT2D eigenvalue weighted by atomic mass is 10.2. The van der Waals surface area contributed by atoms with Gasteiger partial charge in [-0.05, 0) is 19.1 Å². The number of aryl methyl sites for hydroxylation is 1. The zero-order valence-corrected chi connectivity index (χ0v) is 15.0. The minimum absolute atomic E-state index is 0.160. The van der Waals surface area contributed by atoms with E-state index in [1.54, 1.807) is 24.4 Å². The predicted molar refractivity (Wildman–Crippen MR) is 103 cm³/mol. The monoisotopic (exact) mass is 364 g/mol. The second-order valence-electron chi connectivity index (χ2n) is 6.42. The van der Waals surface area contributed by atoms with Crippen LogP contribution >= 0.6 is 0 Å². The van der Waals surface area contributed by atoms with Crippen LogP contribution in [-0.2, 0) is 0 Å². The van der Waals surface area contributed by atoms with E-state index in [4.69, 9.17) is 0 Å². The molecule has 0 saturated carbocycles. The Morgan fingerprint density at radius 1 is 1.07 bits per heavy atom. The molecule has 3 heterocycles. The van der Waals surface area contributed by atoms with Gasteiger partial charge in [0.15, 0.2) is 11.6 Å². The molecule has 1 aliphatic rings. The van der Waals surface area contributed by atoms with E-state index in [0.717, 1.165) is 11.5 Å². The zero-order chi connectivity index (χ0) is 18.8. The van der Waals surface area contributed by atoms with Crippen LogP contribution < -0.4 is 15.4 Å². The van der Waals surface area contributed by atoms with Crippen LogP contribution in [0.3, 0.4) is 0 Å². The van der Waals surface area contributed by atoms with Crippen molar-refractivity contribution in [1.29, 1.82) is 0 Å². The minimum Gasteiger partial charge on any atom is -0.507 e. The van der Waals surface area contributed by atoms with Gasteiger partial charge in [0.05, 0.1) is 5.56 Å². The fourth-order valence-electron chi connectivity index (χ4n) is 3.21. The molecule has 8 heteroatoms. The maximum absolute atomic E-state index is 11.9. The molecule has 2 N–H and O–H groups in total. The molecule has 1 saturated heterocycles. The number of nitrogens with one attached hydrogen (secondary N) is 1. The van der Waals surface area contributed by atoms with Crippen molar-refractivity contribution in [1.82, 2.24) is 19.9 Å². The van der Waals surface area contributed by atoms with Crippen LogP contribution in [0.4, 0.5) is 11.6 Å². The summed E-state index contributed by atoms with van der Waals surface area (Å²) >= 11 is 0. The Hall–Kier alpha value is -3.42. The smallest absolute Gasteiger partial charge is 0.290 e. The van der Waals surface area contributed by atoms with E-state index in [-0.39, 0.29) is 11.3 Å². The number of para-hydroxylation sites is 1. The molecule has 1 aliphatic heterocycles. The number of nitrogens with zero attached hydrogens (tertiary/aromatic N) is 5. The van der Waals surface area contributed by atoms with Gasteiger partial charge in [0, 0.05) is 50.3 Å². The maximum Gasteiger partial charge on any atom is 0.290 e. The molecule has 3 aromatic rings. The molecule has 0 spiro atoms. The Kier molecular flexibility index (Phi) is 4.45. The van der Waals surface area contributed by atoms with E-state index in [0.29, 0.717) is 43.4 Å². The third-order valence-corrected chi connectivity index (χ3v) is 4.58. The Morgan fingerprint density at radius 3 is 2.56 bits per heavy atom. The summed E-state index contributed by atoms with van der Waals surface area (Å²) in [6.07, 6.45) is 3.13. The molecule has 0 amide bonds. The van der Waals surface area contributed by atoms with E-state index in [9.17, 15) is 9.90 Å². The SMILES string of the molecule is Cc1cc(N2CCN(c3ncc[nH]c3=O)CC2)nc(-c2ccccc2O)n1. The van der Waals surface area contributed by atoms with Crippen molar-refractivity contribution in [2.75, 3.05) is 36.0 Å². The first-order valence-corrected chi connectivity index (χ1v) is 8.79. The molecule has 0 radical (unpaired) electrons. The molecule has 1 fully saturated rings. The van der Waals surface area contributed by atoms with E-state index >= 15 is 0 Å². The highest BCUT2D eigenvalue weighted by Gasteiger charge is 2.22. The van der Waals surface area contributed by atoms with Gasteiger partial charge in [-0.1, -0.05) is 12.1 Å². The molecule has 0 aliphatic carbocycles. The van der Waals surface area contributed by atoms with Crippen molar-refractivity contribution in [3.63, 3.8) is 0 Å². The lowest BCUT2D eigenvalue weighted by Gasteiger charge is -2.35. The van der Waals surface area contributed by atoms with Crippen LogP contribution in [0.1, 0.15) is 5.69 Å². The van der Waals surface area contributed by atoms with Crippen LogP contribution in [0.15, 0.2) is 47.5 Å². The number of rotatable bonds is 3. The van der Waals surface area contributed by atoms with Crippen molar-refractivity contribution < 1.29 is 5.11 Å². The Balaban J connectivity index is 1.56. The Labute approximate surface area is 156 Å². The van der Waals surface area contributed by atoms with Gasteiger partial charge in [-0.25, -0.2) is 15.0 Å². The zero-order valence-electron chi connectivity index (χ0n) is 15.0. The van der Waals surface area contributed by atoms with Crippen LogP contribution in [-0.4, -0.2) is 51.2 Å². The van der Waals surface area contributed by atoms with Gasteiger partial charge in [-0.2, -0.15) is 0 Å². The lowest BCUT2D eigenvalue weighted by Crippen LogP contribution is -2.48. The first-order chi connectivity index (χ1) is 13.1. The van der Waals surface area contributed by atoms with Gasteiger partial charge < -0.3 is 19.9 Å². The van der Waals surface area contributed by atoms with Gasteiger partial charge in [0.25, 0.3) is 5.56 Å². The normalized spacial score (nSPS) is 14.4. The molecule has 0 bridgehead atoms. The summed E-state index contributed by atoms with van der Waals surface area (Å²) in [5, 5.41) is 10.1. The number of piperazine rings is 1. The minimum atomic E-state index is -0.175. The van der Waals surface area contributed by atoms with Crippen LogP contribution in [0.25, 0.3) is 11.4 Å². The molecule has 8 nitrogen and oxygen atoms in total. The summed E-state index contributed by atoms with van der Waals surface area (Å²) in [4.78, 5) is 32.0. The summed E-state index contributed by atoms with van der Waals surface area (Å²) in [5.41, 5.74) is 1.27. The predicted octanol–water partition coefficient (Wildman–Crippen LogP) is 1.57. The molecule has 4 rings (SSSR count). The third-order valence-electron chi connectivity index (χ3n) is 4.58. The molecule has 0 unspecified atom stereocenters. The van der Waals surface area contributed by atoms with Crippen molar-refractivity contribution in [2.45, 2.75) is 6.92 Å². The van der Waals surface area contributed by atoms with E-state index in [1.165, 1.54) is 6.20 Å². The molecule has 2 aromatic heterocycles. The van der Waals surface area contributed by atoms with Gasteiger partial charge >= 0.3 is 0 Å². The number of aromatic hydroxyl groups is 1. The number of hydrogen-bond acceptors (Lipinski definition) is 7. The number of H-pyrrole nitrogens is 1. The number of anilines is 2. The summed E-state index contributed by atoms with van der Waals surface area (Å²) in [5.74, 6) is 1.93. The lowest BCUT2D eigenvalue weighted by molar-refractivity contribution is 0.477. The standard InChI is InChI=1S/C19H20N6O2/c1-13-12-16(23-17(22-13)14-4-2-3-5-15(14)26)24-8-10-25(11-9-24)18-19(27)21-7-6-20-18/h2-7,12,26H,8-11H2,1H3,(H,21,27). The van der Waals surface area contributed by atoms with Crippen molar-refractivity contribution in [3.05, 3.63) is 58.8 Å². The average molecular weight is 364 g/mol. The van der Waals surface area contributed by atoms with E-state index < -0.39 is 0 Å². The fraction of sp³-hybridized carbons (Fsp3) is 0.263. The van der Waals surface area contributed by atoms with Gasteiger partial charge in [0.1, 0.15) is 11.6 Å². The summed E-state index contributed by atoms with van der Waals surface area (Å²) in [7, 11) is 0. The quantitative estimate of drug-likeness (QED) is 0.728. The number of aromatic nitrogens is 4.